The molecule has 0 aliphatic heterocycles. The van der Waals surface area contributed by atoms with E-state index >= 15 is 0 Å². The van der Waals surface area contributed by atoms with Crippen molar-refractivity contribution in [3.05, 3.63) is 52.4 Å². The van der Waals surface area contributed by atoms with Crippen LogP contribution in [0.25, 0.3) is 0 Å². The summed E-state index contributed by atoms with van der Waals surface area (Å²) in [7, 11) is 0. The van der Waals surface area contributed by atoms with E-state index in [9.17, 15) is 4.39 Å². The molecule has 0 saturated carbocycles. The first-order chi connectivity index (χ1) is 9.58. The van der Waals surface area contributed by atoms with E-state index in [1.165, 1.54) is 17.8 Å². The number of nitrogens with zero attached hydrogens (tertiary/aromatic N) is 1. The summed E-state index contributed by atoms with van der Waals surface area (Å²) in [6.07, 6.45) is 1.73. The average molecular weight is 355 g/mol. The van der Waals surface area contributed by atoms with Crippen LogP contribution in [0.1, 0.15) is 19.4 Å². The van der Waals surface area contributed by atoms with Crippen molar-refractivity contribution < 1.29 is 4.39 Å². The zero-order chi connectivity index (χ0) is 14.5. The van der Waals surface area contributed by atoms with Gasteiger partial charge in [0.1, 0.15) is 10.8 Å². The van der Waals surface area contributed by atoms with Crippen LogP contribution in [-0.4, -0.2) is 11.0 Å². The van der Waals surface area contributed by atoms with Gasteiger partial charge in [0.05, 0.1) is 4.47 Å². The second-order valence-corrected chi connectivity index (χ2v) is 6.53. The third-order valence-electron chi connectivity index (χ3n) is 2.69. The zero-order valence-corrected chi connectivity index (χ0v) is 13.8. The molecule has 106 valence electrons. The summed E-state index contributed by atoms with van der Waals surface area (Å²) in [6, 6.07) is 9.25. The second kappa shape index (κ2) is 7.20. The van der Waals surface area contributed by atoms with Crippen molar-refractivity contribution in [2.75, 3.05) is 0 Å². The van der Waals surface area contributed by atoms with Crippen molar-refractivity contribution in [3.8, 4) is 0 Å². The first-order valence-corrected chi connectivity index (χ1v) is 7.98. The van der Waals surface area contributed by atoms with Crippen molar-refractivity contribution in [2.24, 2.45) is 0 Å². The van der Waals surface area contributed by atoms with E-state index in [0.717, 1.165) is 14.4 Å². The Kier molecular flexibility index (Phi) is 5.57. The van der Waals surface area contributed by atoms with Gasteiger partial charge in [0.25, 0.3) is 0 Å². The van der Waals surface area contributed by atoms with Gasteiger partial charge in [-0.3, -0.25) is 0 Å². The Hall–Kier alpha value is -0.910. The van der Waals surface area contributed by atoms with Crippen molar-refractivity contribution in [2.45, 2.75) is 36.4 Å². The Morgan fingerprint density at radius 1 is 1.30 bits per heavy atom. The normalized spacial score (nSPS) is 11.1. The van der Waals surface area contributed by atoms with Crippen LogP contribution >= 0.6 is 27.7 Å². The molecule has 5 heteroatoms. The third-order valence-corrected chi connectivity index (χ3v) is 4.72. The van der Waals surface area contributed by atoms with Gasteiger partial charge in [-0.05, 0) is 40.2 Å². The maximum Gasteiger partial charge on any atom is 0.128 e. The number of hydrogen-bond donors (Lipinski definition) is 1. The van der Waals surface area contributed by atoms with Crippen molar-refractivity contribution in [1.29, 1.82) is 0 Å². The van der Waals surface area contributed by atoms with Crippen LogP contribution in [0.15, 0.2) is 50.9 Å². The van der Waals surface area contributed by atoms with Crippen LogP contribution in [0.5, 0.6) is 0 Å². The largest absolute Gasteiger partial charge is 0.310 e. The highest BCUT2D eigenvalue weighted by Gasteiger charge is 2.12. The van der Waals surface area contributed by atoms with E-state index in [0.29, 0.717) is 18.2 Å². The minimum absolute atomic E-state index is 0.185. The van der Waals surface area contributed by atoms with Crippen molar-refractivity contribution in [3.63, 3.8) is 0 Å². The highest BCUT2D eigenvalue weighted by Crippen LogP contribution is 2.34. The lowest BCUT2D eigenvalue weighted by Gasteiger charge is -2.13. The standard InChI is InChI=1S/C15H16BrFN2S/c1-10(2)19-9-11-13(17)6-3-7-14(11)20-15-12(16)5-4-8-18-15/h3-8,10,19H,9H2,1-2H3. The molecule has 0 radical (unpaired) electrons. The van der Waals surface area contributed by atoms with E-state index in [4.69, 9.17) is 0 Å². The van der Waals surface area contributed by atoms with Gasteiger partial charge in [-0.25, -0.2) is 9.37 Å². The van der Waals surface area contributed by atoms with Crippen LogP contribution in [0.2, 0.25) is 0 Å². The summed E-state index contributed by atoms with van der Waals surface area (Å²) in [4.78, 5) is 5.20. The van der Waals surface area contributed by atoms with Crippen LogP contribution in [0, 0.1) is 5.82 Å². The highest BCUT2D eigenvalue weighted by molar-refractivity contribution is 9.10. The smallest absolute Gasteiger partial charge is 0.128 e. The molecule has 2 aromatic rings. The molecule has 0 atom stereocenters. The first-order valence-electron chi connectivity index (χ1n) is 6.37. The van der Waals surface area contributed by atoms with Gasteiger partial charge < -0.3 is 5.32 Å². The number of pyridine rings is 1. The number of rotatable bonds is 5. The summed E-state index contributed by atoms with van der Waals surface area (Å²) in [5.74, 6) is -0.185. The van der Waals surface area contributed by atoms with Crippen LogP contribution in [-0.2, 0) is 6.54 Å². The molecule has 2 nitrogen and oxygen atoms in total. The van der Waals surface area contributed by atoms with E-state index in [-0.39, 0.29) is 5.82 Å². The fraction of sp³-hybridized carbons (Fsp3) is 0.267. The number of halogens is 2. The average Bonchev–Trinajstić information content (AvgIpc) is 2.40. The maximum absolute atomic E-state index is 14.0. The van der Waals surface area contributed by atoms with Crippen molar-refractivity contribution in [1.82, 2.24) is 10.3 Å². The molecular weight excluding hydrogens is 339 g/mol. The lowest BCUT2D eigenvalue weighted by molar-refractivity contribution is 0.546. The molecule has 2 rings (SSSR count). The van der Waals surface area contributed by atoms with Gasteiger partial charge in [0.15, 0.2) is 0 Å². The third kappa shape index (κ3) is 4.04. The van der Waals surface area contributed by atoms with Gasteiger partial charge in [0, 0.05) is 29.2 Å². The van der Waals surface area contributed by atoms with Gasteiger partial charge >= 0.3 is 0 Å². The fourth-order valence-electron chi connectivity index (χ4n) is 1.66. The summed E-state index contributed by atoms with van der Waals surface area (Å²) in [6.45, 7) is 4.60. The highest BCUT2D eigenvalue weighted by atomic mass is 79.9. The molecule has 1 aromatic heterocycles. The molecule has 1 N–H and O–H groups in total. The number of nitrogens with one attached hydrogen (secondary N) is 1. The molecule has 0 fully saturated rings. The monoisotopic (exact) mass is 354 g/mol. The topological polar surface area (TPSA) is 24.9 Å². The van der Waals surface area contributed by atoms with Crippen molar-refractivity contribution >= 4 is 27.7 Å². The van der Waals surface area contributed by atoms with E-state index in [1.807, 2.05) is 32.0 Å². The van der Waals surface area contributed by atoms with Crippen LogP contribution in [0.4, 0.5) is 4.39 Å². The minimum Gasteiger partial charge on any atom is -0.310 e. The molecule has 0 amide bonds. The molecule has 0 aliphatic rings. The molecule has 1 heterocycles. The molecule has 0 saturated heterocycles. The fourth-order valence-corrected chi connectivity index (χ4v) is 3.09. The van der Waals surface area contributed by atoms with Crippen LogP contribution < -0.4 is 5.32 Å². The summed E-state index contributed by atoms with van der Waals surface area (Å²) < 4.78 is 14.9. The molecule has 0 unspecified atom stereocenters. The minimum atomic E-state index is -0.185. The van der Waals surface area contributed by atoms with Gasteiger partial charge in [0.2, 0.25) is 0 Å². The molecule has 20 heavy (non-hydrogen) atoms. The Labute approximate surface area is 131 Å². The molecule has 0 spiro atoms. The summed E-state index contributed by atoms with van der Waals surface area (Å²) >= 11 is 4.94. The molecular formula is C15H16BrFN2S. The number of hydrogen-bond acceptors (Lipinski definition) is 3. The number of benzene rings is 1. The van der Waals surface area contributed by atoms with E-state index < -0.39 is 0 Å². The van der Waals surface area contributed by atoms with Gasteiger partial charge in [-0.2, -0.15) is 0 Å². The quantitative estimate of drug-likeness (QED) is 0.846. The van der Waals surface area contributed by atoms with Crippen LogP contribution in [0.3, 0.4) is 0 Å². The van der Waals surface area contributed by atoms with Gasteiger partial charge in [-0.1, -0.05) is 31.7 Å². The maximum atomic E-state index is 14.0. The molecule has 0 aliphatic carbocycles. The SMILES string of the molecule is CC(C)NCc1c(F)cccc1Sc1ncccc1Br. The Morgan fingerprint density at radius 3 is 2.80 bits per heavy atom. The van der Waals surface area contributed by atoms with E-state index in [1.54, 1.807) is 12.3 Å². The van der Waals surface area contributed by atoms with Gasteiger partial charge in [-0.15, -0.1) is 0 Å². The second-order valence-electron chi connectivity index (χ2n) is 4.64. The number of aromatic nitrogens is 1. The molecule has 1 aromatic carbocycles. The predicted molar refractivity (Wildman–Crippen MR) is 84.4 cm³/mol. The summed E-state index contributed by atoms with van der Waals surface area (Å²) in [5.41, 5.74) is 0.684. The Bertz CT molecular complexity index is 590. The lowest BCUT2D eigenvalue weighted by Crippen LogP contribution is -2.22. The predicted octanol–water partition coefficient (Wildman–Crippen LogP) is 4.63. The Morgan fingerprint density at radius 2 is 2.10 bits per heavy atom. The zero-order valence-electron chi connectivity index (χ0n) is 11.4. The Balaban J connectivity index is 2.27. The lowest BCUT2D eigenvalue weighted by atomic mass is 10.2. The molecule has 0 bridgehead atoms. The summed E-state index contributed by atoms with van der Waals surface area (Å²) in [5, 5.41) is 4.09. The van der Waals surface area contributed by atoms with E-state index in [2.05, 4.69) is 26.2 Å². The first kappa shape index (κ1) is 15.5.